The second-order valence-corrected chi connectivity index (χ2v) is 4.39. The Balaban J connectivity index is 1.82. The zero-order chi connectivity index (χ0) is 16.2. The zero-order valence-corrected chi connectivity index (χ0v) is 11.9. The number of rotatable bonds is 4. The van der Waals surface area contributed by atoms with Gasteiger partial charge in [0.15, 0.2) is 5.69 Å². The molecule has 3 aromatic rings. The van der Waals surface area contributed by atoms with Crippen LogP contribution < -0.4 is 11.2 Å². The van der Waals surface area contributed by atoms with Crippen LogP contribution in [-0.2, 0) is 0 Å². The predicted molar refractivity (Wildman–Crippen MR) is 77.7 cm³/mol. The van der Waals surface area contributed by atoms with Gasteiger partial charge >= 0.3 is 0 Å². The van der Waals surface area contributed by atoms with Crippen LogP contribution in [0.1, 0.15) is 21.7 Å². The van der Waals surface area contributed by atoms with E-state index in [1.807, 2.05) is 0 Å². The summed E-state index contributed by atoms with van der Waals surface area (Å²) in [4.78, 5) is 16.2. The van der Waals surface area contributed by atoms with E-state index in [4.69, 9.17) is 5.73 Å². The standard InChI is InChI=1S/C12H11N9O2/c1-7-9(21(20-16-7)11-10(13)18-23-19-11)12(22)17-15-6-8-2-4-14-5-3-8/h2-6H,1H3,(H2,13,18)(H,17,22)/b15-6-. The summed E-state index contributed by atoms with van der Waals surface area (Å²) < 4.78 is 5.64. The predicted octanol–water partition coefficient (Wildman–Crippen LogP) is -0.300. The summed E-state index contributed by atoms with van der Waals surface area (Å²) in [5.74, 6) is -0.460. The van der Waals surface area contributed by atoms with Crippen LogP contribution in [0.3, 0.4) is 0 Å². The molecule has 0 aliphatic rings. The van der Waals surface area contributed by atoms with Crippen molar-refractivity contribution in [2.24, 2.45) is 5.10 Å². The molecule has 0 radical (unpaired) electrons. The molecule has 1 amide bonds. The Morgan fingerprint density at radius 2 is 2.17 bits per heavy atom. The lowest BCUT2D eigenvalue weighted by Crippen LogP contribution is -2.22. The molecule has 0 spiro atoms. The van der Waals surface area contributed by atoms with Gasteiger partial charge in [0.05, 0.1) is 11.9 Å². The summed E-state index contributed by atoms with van der Waals surface area (Å²) in [6.45, 7) is 1.62. The minimum atomic E-state index is -0.528. The summed E-state index contributed by atoms with van der Waals surface area (Å²) in [6, 6.07) is 3.49. The van der Waals surface area contributed by atoms with Gasteiger partial charge in [0, 0.05) is 12.4 Å². The zero-order valence-electron chi connectivity index (χ0n) is 11.9. The fourth-order valence-corrected chi connectivity index (χ4v) is 1.77. The number of hydrogen-bond acceptors (Lipinski definition) is 9. The molecule has 23 heavy (non-hydrogen) atoms. The van der Waals surface area contributed by atoms with Crippen LogP contribution in [0.15, 0.2) is 34.3 Å². The summed E-state index contributed by atoms with van der Waals surface area (Å²) in [5, 5.41) is 18.5. The van der Waals surface area contributed by atoms with Gasteiger partial charge < -0.3 is 5.73 Å². The van der Waals surface area contributed by atoms with Crippen LogP contribution in [0.5, 0.6) is 0 Å². The first-order valence-electron chi connectivity index (χ1n) is 6.41. The number of hydrogen-bond donors (Lipinski definition) is 2. The van der Waals surface area contributed by atoms with E-state index in [1.54, 1.807) is 31.5 Å². The van der Waals surface area contributed by atoms with E-state index >= 15 is 0 Å². The lowest BCUT2D eigenvalue weighted by Gasteiger charge is -2.02. The highest BCUT2D eigenvalue weighted by atomic mass is 16.6. The molecule has 0 aromatic carbocycles. The van der Waals surface area contributed by atoms with Crippen molar-refractivity contribution in [2.45, 2.75) is 6.92 Å². The highest BCUT2D eigenvalue weighted by Gasteiger charge is 2.22. The fraction of sp³-hybridized carbons (Fsp3) is 0.0833. The number of hydrazone groups is 1. The number of carbonyl (C=O) groups excluding carboxylic acids is 1. The highest BCUT2D eigenvalue weighted by Crippen LogP contribution is 2.14. The number of pyridine rings is 1. The Labute approximate surface area is 129 Å². The quantitative estimate of drug-likeness (QED) is 0.492. The monoisotopic (exact) mass is 313 g/mol. The summed E-state index contributed by atoms with van der Waals surface area (Å²) in [5.41, 5.74) is 9.28. The Morgan fingerprint density at radius 3 is 2.87 bits per heavy atom. The number of nitrogens with zero attached hydrogens (tertiary/aromatic N) is 7. The number of amides is 1. The van der Waals surface area contributed by atoms with Gasteiger partial charge in [0.25, 0.3) is 5.91 Å². The number of carbonyl (C=O) groups is 1. The number of aryl methyl sites for hydroxylation is 1. The molecular weight excluding hydrogens is 302 g/mol. The molecule has 3 aromatic heterocycles. The smallest absolute Gasteiger partial charge is 0.292 e. The van der Waals surface area contributed by atoms with Crippen molar-refractivity contribution >= 4 is 17.9 Å². The van der Waals surface area contributed by atoms with Crippen LogP contribution in [0, 0.1) is 6.92 Å². The topological polar surface area (TPSA) is 150 Å². The molecule has 0 fully saturated rings. The third kappa shape index (κ3) is 2.88. The molecule has 0 saturated carbocycles. The first kappa shape index (κ1) is 14.3. The van der Waals surface area contributed by atoms with E-state index in [0.29, 0.717) is 5.69 Å². The van der Waals surface area contributed by atoms with Crippen molar-refractivity contribution in [2.75, 3.05) is 5.73 Å². The number of nitrogens with two attached hydrogens (primary N) is 1. The number of aromatic nitrogens is 6. The molecular formula is C12H11N9O2. The molecule has 3 heterocycles. The van der Waals surface area contributed by atoms with E-state index in [-0.39, 0.29) is 17.3 Å². The summed E-state index contributed by atoms with van der Waals surface area (Å²) in [7, 11) is 0. The summed E-state index contributed by atoms with van der Waals surface area (Å²) in [6.07, 6.45) is 4.72. The molecule has 0 aliphatic heterocycles. The molecule has 3 N–H and O–H groups in total. The normalized spacial score (nSPS) is 11.0. The van der Waals surface area contributed by atoms with E-state index in [2.05, 4.69) is 40.8 Å². The van der Waals surface area contributed by atoms with Crippen LogP contribution >= 0.6 is 0 Å². The van der Waals surface area contributed by atoms with Gasteiger partial charge in [0.1, 0.15) is 0 Å². The van der Waals surface area contributed by atoms with Gasteiger partial charge in [0.2, 0.25) is 11.6 Å². The largest absolute Gasteiger partial charge is 0.378 e. The maximum atomic E-state index is 12.3. The van der Waals surface area contributed by atoms with Crippen LogP contribution in [0.25, 0.3) is 5.82 Å². The Bertz CT molecular complexity index is 853. The summed E-state index contributed by atoms with van der Waals surface area (Å²) >= 11 is 0. The third-order valence-corrected chi connectivity index (χ3v) is 2.84. The Morgan fingerprint density at radius 1 is 1.39 bits per heavy atom. The lowest BCUT2D eigenvalue weighted by molar-refractivity contribution is 0.0946. The second-order valence-electron chi connectivity index (χ2n) is 4.39. The van der Waals surface area contributed by atoms with Crippen LogP contribution in [0.4, 0.5) is 5.82 Å². The highest BCUT2D eigenvalue weighted by molar-refractivity contribution is 5.94. The SMILES string of the molecule is Cc1nnn(-c2nonc2N)c1C(=O)N/N=C\c1ccncc1. The van der Waals surface area contributed by atoms with Crippen LogP contribution in [-0.4, -0.2) is 42.4 Å². The van der Waals surface area contributed by atoms with Gasteiger partial charge in [-0.25, -0.2) is 10.1 Å². The molecule has 0 aliphatic carbocycles. The lowest BCUT2D eigenvalue weighted by atomic mass is 10.3. The maximum Gasteiger partial charge on any atom is 0.292 e. The second kappa shape index (κ2) is 6.01. The average molecular weight is 313 g/mol. The van der Waals surface area contributed by atoms with Crippen molar-refractivity contribution in [1.29, 1.82) is 0 Å². The third-order valence-electron chi connectivity index (χ3n) is 2.84. The van der Waals surface area contributed by atoms with Gasteiger partial charge in [-0.2, -0.15) is 9.78 Å². The van der Waals surface area contributed by atoms with Crippen molar-refractivity contribution in [3.8, 4) is 5.82 Å². The molecule has 0 atom stereocenters. The van der Waals surface area contributed by atoms with Gasteiger partial charge in [-0.1, -0.05) is 5.21 Å². The first-order chi connectivity index (χ1) is 11.2. The molecule has 0 bridgehead atoms. The van der Waals surface area contributed by atoms with E-state index in [9.17, 15) is 4.79 Å². The van der Waals surface area contributed by atoms with Crippen molar-refractivity contribution in [1.82, 2.24) is 35.7 Å². The van der Waals surface area contributed by atoms with E-state index in [0.717, 1.165) is 10.2 Å². The van der Waals surface area contributed by atoms with Gasteiger partial charge in [-0.05, 0) is 34.9 Å². The van der Waals surface area contributed by atoms with Crippen molar-refractivity contribution < 1.29 is 9.42 Å². The maximum absolute atomic E-state index is 12.3. The van der Waals surface area contributed by atoms with E-state index < -0.39 is 5.91 Å². The fourth-order valence-electron chi connectivity index (χ4n) is 1.77. The molecule has 11 heteroatoms. The van der Waals surface area contributed by atoms with Crippen molar-refractivity contribution in [3.63, 3.8) is 0 Å². The van der Waals surface area contributed by atoms with Gasteiger partial charge in [-0.15, -0.1) is 5.10 Å². The molecule has 0 unspecified atom stereocenters. The molecule has 3 rings (SSSR count). The Kier molecular flexibility index (Phi) is 3.74. The minimum Gasteiger partial charge on any atom is -0.378 e. The number of anilines is 1. The number of nitrogen functional groups attached to an aromatic ring is 1. The van der Waals surface area contributed by atoms with Gasteiger partial charge in [-0.3, -0.25) is 9.78 Å². The van der Waals surface area contributed by atoms with Crippen molar-refractivity contribution in [3.05, 3.63) is 41.5 Å². The molecule has 11 nitrogen and oxygen atoms in total. The van der Waals surface area contributed by atoms with Crippen LogP contribution in [0.2, 0.25) is 0 Å². The Hall–Kier alpha value is -3.63. The van der Waals surface area contributed by atoms with E-state index in [1.165, 1.54) is 6.21 Å². The first-order valence-corrected chi connectivity index (χ1v) is 6.41. The number of nitrogens with one attached hydrogen (secondary N) is 1. The minimum absolute atomic E-state index is 0.00997. The molecule has 116 valence electrons. The average Bonchev–Trinajstić information content (AvgIpc) is 3.13. The molecule has 0 saturated heterocycles.